The highest BCUT2D eigenvalue weighted by molar-refractivity contribution is 5.30. The maximum Gasteiger partial charge on any atom is 0.0626 e. The first-order chi connectivity index (χ1) is 8.86. The third-order valence-electron chi connectivity index (χ3n) is 3.65. The number of nitrogens with one attached hydrogen (secondary N) is 1. The highest BCUT2D eigenvalue weighted by Gasteiger charge is 2.30. The maximum atomic E-state index is 5.63. The van der Waals surface area contributed by atoms with Crippen LogP contribution in [-0.4, -0.2) is 30.8 Å². The lowest BCUT2D eigenvalue weighted by atomic mass is 9.97. The summed E-state index contributed by atoms with van der Waals surface area (Å²) in [4.78, 5) is 4.58. The van der Waals surface area contributed by atoms with Gasteiger partial charge < -0.3 is 10.1 Å². The molecule has 18 heavy (non-hydrogen) atoms. The lowest BCUT2D eigenvalue weighted by Crippen LogP contribution is -2.39. The smallest absolute Gasteiger partial charge is 0.0626 e. The predicted octanol–water partition coefficient (Wildman–Crippen LogP) is 2.52. The number of hydrogen-bond acceptors (Lipinski definition) is 3. The van der Waals surface area contributed by atoms with Gasteiger partial charge >= 0.3 is 0 Å². The Morgan fingerprint density at radius 3 is 3.17 bits per heavy atom. The Balaban J connectivity index is 2.06. The molecular formula is C15H24N2O. The average Bonchev–Trinajstić information content (AvgIpc) is 2.83. The molecule has 2 unspecified atom stereocenters. The summed E-state index contributed by atoms with van der Waals surface area (Å²) >= 11 is 0. The van der Waals surface area contributed by atoms with Crippen LogP contribution in [-0.2, 0) is 11.2 Å². The molecule has 1 aromatic rings. The van der Waals surface area contributed by atoms with Crippen LogP contribution >= 0.6 is 0 Å². The Labute approximate surface area is 110 Å². The topological polar surface area (TPSA) is 34.1 Å². The van der Waals surface area contributed by atoms with Crippen LogP contribution in [0.1, 0.15) is 43.9 Å². The van der Waals surface area contributed by atoms with Gasteiger partial charge in [0, 0.05) is 30.5 Å². The molecule has 1 aliphatic rings. The van der Waals surface area contributed by atoms with Crippen LogP contribution in [0, 0.1) is 0 Å². The minimum absolute atomic E-state index is 0.404. The van der Waals surface area contributed by atoms with Crippen molar-refractivity contribution in [3.8, 4) is 0 Å². The fraction of sp³-hybridized carbons (Fsp3) is 0.667. The molecular weight excluding hydrogens is 224 g/mol. The van der Waals surface area contributed by atoms with Crippen molar-refractivity contribution in [1.29, 1.82) is 0 Å². The van der Waals surface area contributed by atoms with Crippen molar-refractivity contribution in [2.45, 2.75) is 45.1 Å². The molecule has 1 aliphatic carbocycles. The van der Waals surface area contributed by atoms with Crippen molar-refractivity contribution in [3.63, 3.8) is 0 Å². The van der Waals surface area contributed by atoms with E-state index in [1.165, 1.54) is 17.7 Å². The van der Waals surface area contributed by atoms with Gasteiger partial charge in [-0.15, -0.1) is 0 Å². The van der Waals surface area contributed by atoms with E-state index in [9.17, 15) is 0 Å². The molecule has 2 atom stereocenters. The molecule has 0 aromatic carbocycles. The second kappa shape index (κ2) is 6.86. The standard InChI is InChI=1S/C15H24N2O/c1-3-9-16-14(11-18-4-2)13-8-7-12-6-5-10-17-15(12)13/h5-6,10,13-14,16H,3-4,7-9,11H2,1-2H3. The zero-order valence-corrected chi connectivity index (χ0v) is 11.5. The molecule has 0 radical (unpaired) electrons. The first-order valence-corrected chi connectivity index (χ1v) is 7.11. The normalized spacial score (nSPS) is 19.8. The Kier molecular flexibility index (Phi) is 5.14. The molecule has 2 rings (SSSR count). The quantitative estimate of drug-likeness (QED) is 0.805. The van der Waals surface area contributed by atoms with Gasteiger partial charge in [0.2, 0.25) is 0 Å². The first-order valence-electron chi connectivity index (χ1n) is 7.11. The van der Waals surface area contributed by atoms with Gasteiger partial charge in [0.05, 0.1) is 6.61 Å². The predicted molar refractivity (Wildman–Crippen MR) is 73.9 cm³/mol. The Morgan fingerprint density at radius 1 is 1.50 bits per heavy atom. The summed E-state index contributed by atoms with van der Waals surface area (Å²) in [6.07, 6.45) is 5.42. The second-order valence-electron chi connectivity index (χ2n) is 4.91. The monoisotopic (exact) mass is 248 g/mol. The number of ether oxygens (including phenoxy) is 1. The van der Waals surface area contributed by atoms with Gasteiger partial charge in [-0.1, -0.05) is 13.0 Å². The van der Waals surface area contributed by atoms with Gasteiger partial charge in [-0.05, 0) is 44.4 Å². The van der Waals surface area contributed by atoms with Crippen LogP contribution in [0.2, 0.25) is 0 Å². The fourth-order valence-corrected chi connectivity index (χ4v) is 2.73. The summed E-state index contributed by atoms with van der Waals surface area (Å²) in [5.74, 6) is 0.513. The van der Waals surface area contributed by atoms with Gasteiger partial charge in [-0.25, -0.2) is 0 Å². The Hall–Kier alpha value is -0.930. The number of aromatic nitrogens is 1. The first kappa shape index (κ1) is 13.5. The number of aryl methyl sites for hydroxylation is 1. The Morgan fingerprint density at radius 2 is 2.39 bits per heavy atom. The molecule has 0 saturated carbocycles. The van der Waals surface area contributed by atoms with Crippen molar-refractivity contribution in [3.05, 3.63) is 29.6 Å². The summed E-state index contributed by atoms with van der Waals surface area (Å²) in [6, 6.07) is 4.65. The van der Waals surface area contributed by atoms with E-state index in [0.29, 0.717) is 12.0 Å². The zero-order valence-electron chi connectivity index (χ0n) is 11.5. The van der Waals surface area contributed by atoms with E-state index < -0.39 is 0 Å². The van der Waals surface area contributed by atoms with Crippen LogP contribution in [0.15, 0.2) is 18.3 Å². The van der Waals surface area contributed by atoms with E-state index in [-0.39, 0.29) is 0 Å². The van der Waals surface area contributed by atoms with Crippen LogP contribution in [0.25, 0.3) is 0 Å². The summed E-state index contributed by atoms with van der Waals surface area (Å²) in [5, 5.41) is 3.62. The second-order valence-corrected chi connectivity index (χ2v) is 4.91. The minimum Gasteiger partial charge on any atom is -0.380 e. The zero-order chi connectivity index (χ0) is 12.8. The summed E-state index contributed by atoms with van der Waals surface area (Å²) in [5.41, 5.74) is 2.70. The van der Waals surface area contributed by atoms with Crippen LogP contribution in [0.5, 0.6) is 0 Å². The van der Waals surface area contributed by atoms with Crippen LogP contribution in [0.4, 0.5) is 0 Å². The maximum absolute atomic E-state index is 5.63. The average molecular weight is 248 g/mol. The molecule has 0 spiro atoms. The van der Waals surface area contributed by atoms with E-state index >= 15 is 0 Å². The summed E-state index contributed by atoms with van der Waals surface area (Å²) in [7, 11) is 0. The van der Waals surface area contributed by atoms with Gasteiger partial charge in [0.1, 0.15) is 0 Å². The lowest BCUT2D eigenvalue weighted by molar-refractivity contribution is 0.113. The summed E-state index contributed by atoms with van der Waals surface area (Å²) < 4.78 is 5.63. The summed E-state index contributed by atoms with van der Waals surface area (Å²) in [6.45, 7) is 6.88. The van der Waals surface area contributed by atoms with Crippen molar-refractivity contribution < 1.29 is 4.74 Å². The van der Waals surface area contributed by atoms with Gasteiger partial charge in [0.15, 0.2) is 0 Å². The van der Waals surface area contributed by atoms with Crippen molar-refractivity contribution in [2.24, 2.45) is 0 Å². The SMILES string of the molecule is CCCNC(COCC)C1CCc2cccnc21. The van der Waals surface area contributed by atoms with Gasteiger partial charge in [-0.2, -0.15) is 0 Å². The third-order valence-corrected chi connectivity index (χ3v) is 3.65. The molecule has 0 bridgehead atoms. The van der Waals surface area contributed by atoms with Crippen molar-refractivity contribution in [2.75, 3.05) is 19.8 Å². The number of pyridine rings is 1. The number of rotatable bonds is 7. The molecule has 1 N–H and O–H groups in total. The number of fused-ring (bicyclic) bond motifs is 1. The van der Waals surface area contributed by atoms with E-state index in [2.05, 4.69) is 30.2 Å². The Bertz CT molecular complexity index is 359. The molecule has 1 aromatic heterocycles. The number of nitrogens with zero attached hydrogens (tertiary/aromatic N) is 1. The molecule has 0 fully saturated rings. The molecule has 3 heteroatoms. The van der Waals surface area contributed by atoms with E-state index in [0.717, 1.165) is 32.6 Å². The minimum atomic E-state index is 0.404. The largest absolute Gasteiger partial charge is 0.380 e. The number of hydrogen-bond donors (Lipinski definition) is 1. The molecule has 0 amide bonds. The molecule has 0 aliphatic heterocycles. The molecule has 1 heterocycles. The van der Waals surface area contributed by atoms with Crippen molar-refractivity contribution >= 4 is 0 Å². The fourth-order valence-electron chi connectivity index (χ4n) is 2.73. The van der Waals surface area contributed by atoms with E-state index in [1.807, 2.05) is 12.3 Å². The molecule has 3 nitrogen and oxygen atoms in total. The molecule has 100 valence electrons. The lowest BCUT2D eigenvalue weighted by Gasteiger charge is -2.24. The van der Waals surface area contributed by atoms with Crippen LogP contribution in [0.3, 0.4) is 0 Å². The molecule has 0 saturated heterocycles. The van der Waals surface area contributed by atoms with Gasteiger partial charge in [-0.3, -0.25) is 4.98 Å². The highest BCUT2D eigenvalue weighted by atomic mass is 16.5. The van der Waals surface area contributed by atoms with Gasteiger partial charge in [0.25, 0.3) is 0 Å². The van der Waals surface area contributed by atoms with E-state index in [4.69, 9.17) is 4.74 Å². The van der Waals surface area contributed by atoms with Crippen LogP contribution < -0.4 is 5.32 Å². The van der Waals surface area contributed by atoms with E-state index in [1.54, 1.807) is 0 Å². The highest BCUT2D eigenvalue weighted by Crippen LogP contribution is 2.33. The van der Waals surface area contributed by atoms with Crippen molar-refractivity contribution in [1.82, 2.24) is 10.3 Å². The third kappa shape index (κ3) is 3.09.